The molecule has 3 atom stereocenters. The molecule has 0 spiro atoms. The number of likely N-dealkylation sites (tertiary alicyclic amines) is 1. The van der Waals surface area contributed by atoms with Crippen LogP contribution < -0.4 is 11.1 Å². The summed E-state index contributed by atoms with van der Waals surface area (Å²) in [5, 5.41) is 7.16. The Morgan fingerprint density at radius 2 is 2.17 bits per heavy atom. The summed E-state index contributed by atoms with van der Waals surface area (Å²) < 4.78 is 1.69. The van der Waals surface area contributed by atoms with E-state index in [1.54, 1.807) is 22.8 Å². The van der Waals surface area contributed by atoms with Crippen LogP contribution in [0.15, 0.2) is 12.4 Å². The lowest BCUT2D eigenvalue weighted by molar-refractivity contribution is -0.141. The molecule has 2 heterocycles. The van der Waals surface area contributed by atoms with Gasteiger partial charge in [0.05, 0.1) is 18.2 Å². The summed E-state index contributed by atoms with van der Waals surface area (Å²) in [6.45, 7) is 0.511. The highest BCUT2D eigenvalue weighted by atomic mass is 16.2. The van der Waals surface area contributed by atoms with Crippen LogP contribution in [0, 0.1) is 11.8 Å². The van der Waals surface area contributed by atoms with Crippen molar-refractivity contribution in [2.24, 2.45) is 24.6 Å². The fraction of sp³-hybridized carbons (Fsp3) is 0.688. The van der Waals surface area contributed by atoms with E-state index in [0.29, 0.717) is 25.3 Å². The van der Waals surface area contributed by atoms with Gasteiger partial charge in [-0.3, -0.25) is 14.3 Å². The van der Waals surface area contributed by atoms with Crippen LogP contribution in [0.3, 0.4) is 0 Å². The molecule has 1 saturated carbocycles. The van der Waals surface area contributed by atoms with Crippen molar-refractivity contribution in [3.63, 3.8) is 0 Å². The van der Waals surface area contributed by atoms with Crippen molar-refractivity contribution in [1.29, 1.82) is 0 Å². The van der Waals surface area contributed by atoms with Gasteiger partial charge in [-0.05, 0) is 25.2 Å². The summed E-state index contributed by atoms with van der Waals surface area (Å²) >= 11 is 0. The maximum Gasteiger partial charge on any atom is 0.225 e. The van der Waals surface area contributed by atoms with Crippen LogP contribution in [0.2, 0.25) is 0 Å². The van der Waals surface area contributed by atoms with E-state index in [9.17, 15) is 9.59 Å². The highest BCUT2D eigenvalue weighted by molar-refractivity contribution is 5.84. The Labute approximate surface area is 136 Å². The number of aryl methyl sites for hydroxylation is 1. The second-order valence-corrected chi connectivity index (χ2v) is 6.79. The van der Waals surface area contributed by atoms with Crippen LogP contribution in [0.25, 0.3) is 0 Å². The molecule has 2 amide bonds. The number of hydrogen-bond donors (Lipinski definition) is 2. The van der Waals surface area contributed by atoms with Gasteiger partial charge in [-0.2, -0.15) is 5.10 Å². The van der Waals surface area contributed by atoms with Crippen molar-refractivity contribution in [2.75, 3.05) is 13.6 Å². The highest BCUT2D eigenvalue weighted by Crippen LogP contribution is 2.36. The van der Waals surface area contributed by atoms with Crippen molar-refractivity contribution in [1.82, 2.24) is 20.0 Å². The zero-order valence-electron chi connectivity index (χ0n) is 13.7. The molecule has 1 aromatic heterocycles. The summed E-state index contributed by atoms with van der Waals surface area (Å²) in [5.74, 6) is 0.347. The van der Waals surface area contributed by atoms with Gasteiger partial charge in [-0.25, -0.2) is 0 Å². The van der Waals surface area contributed by atoms with E-state index in [1.165, 1.54) is 0 Å². The Kier molecular flexibility index (Phi) is 4.39. The normalized spacial score (nSPS) is 26.2. The van der Waals surface area contributed by atoms with Crippen LogP contribution in [-0.4, -0.2) is 46.1 Å². The number of hydrogen-bond acceptors (Lipinski definition) is 4. The Morgan fingerprint density at radius 1 is 1.43 bits per heavy atom. The molecule has 3 N–H and O–H groups in total. The Bertz CT molecular complexity index is 595. The van der Waals surface area contributed by atoms with E-state index in [-0.39, 0.29) is 29.8 Å². The Morgan fingerprint density at radius 3 is 2.78 bits per heavy atom. The van der Waals surface area contributed by atoms with Gasteiger partial charge in [0.2, 0.25) is 11.8 Å². The molecule has 0 bridgehead atoms. The van der Waals surface area contributed by atoms with E-state index in [0.717, 1.165) is 18.4 Å². The van der Waals surface area contributed by atoms with E-state index in [1.807, 2.05) is 13.2 Å². The second-order valence-electron chi connectivity index (χ2n) is 6.79. The maximum absolute atomic E-state index is 12.7. The third-order valence-corrected chi connectivity index (χ3v) is 5.00. The Hall–Kier alpha value is -1.89. The van der Waals surface area contributed by atoms with Gasteiger partial charge >= 0.3 is 0 Å². The molecule has 2 fully saturated rings. The summed E-state index contributed by atoms with van der Waals surface area (Å²) in [7, 11) is 3.59. The molecular weight excluding hydrogens is 294 g/mol. The number of amides is 2. The minimum Gasteiger partial charge on any atom is -0.354 e. The molecule has 3 rings (SSSR count). The zero-order chi connectivity index (χ0) is 16.6. The standard InChI is InChI=1S/C16H25N5O2/c1-20-9-11(7-19-20)15-12(5-6-14(22)21(15)2)16(23)18-8-13(17)10-3-4-10/h7,9-10,12-13,15H,3-6,8,17H2,1-2H3,(H,18,23). The molecule has 126 valence electrons. The summed E-state index contributed by atoms with van der Waals surface area (Å²) in [5.41, 5.74) is 6.96. The molecule has 3 unspecified atom stereocenters. The molecule has 0 radical (unpaired) electrons. The molecule has 1 aliphatic heterocycles. The van der Waals surface area contributed by atoms with Gasteiger partial charge in [-0.1, -0.05) is 0 Å². The van der Waals surface area contributed by atoms with Crippen molar-refractivity contribution in [2.45, 2.75) is 37.8 Å². The van der Waals surface area contributed by atoms with Crippen LogP contribution in [0.5, 0.6) is 0 Å². The minimum atomic E-state index is -0.262. The molecule has 1 saturated heterocycles. The van der Waals surface area contributed by atoms with Crippen LogP contribution in [0.4, 0.5) is 0 Å². The molecule has 1 aliphatic carbocycles. The molecule has 2 aliphatic rings. The van der Waals surface area contributed by atoms with Crippen LogP contribution >= 0.6 is 0 Å². The third-order valence-electron chi connectivity index (χ3n) is 5.00. The molecule has 7 heteroatoms. The fourth-order valence-electron chi connectivity index (χ4n) is 3.40. The predicted molar refractivity (Wildman–Crippen MR) is 85.2 cm³/mol. The van der Waals surface area contributed by atoms with Gasteiger partial charge in [0.25, 0.3) is 0 Å². The van der Waals surface area contributed by atoms with E-state index in [4.69, 9.17) is 5.73 Å². The van der Waals surface area contributed by atoms with Crippen molar-refractivity contribution in [3.8, 4) is 0 Å². The first kappa shape index (κ1) is 16.0. The zero-order valence-corrected chi connectivity index (χ0v) is 13.7. The maximum atomic E-state index is 12.7. The quantitative estimate of drug-likeness (QED) is 0.810. The lowest BCUT2D eigenvalue weighted by Gasteiger charge is -2.37. The summed E-state index contributed by atoms with van der Waals surface area (Å²) in [6.07, 6.45) is 6.89. The number of nitrogens with zero attached hydrogens (tertiary/aromatic N) is 3. The first-order valence-electron chi connectivity index (χ1n) is 8.25. The molecule has 7 nitrogen and oxygen atoms in total. The largest absolute Gasteiger partial charge is 0.354 e. The second kappa shape index (κ2) is 6.31. The van der Waals surface area contributed by atoms with E-state index in [2.05, 4.69) is 10.4 Å². The number of nitrogens with one attached hydrogen (secondary N) is 1. The lowest BCUT2D eigenvalue weighted by atomic mass is 9.85. The number of carbonyl (C=O) groups is 2. The topological polar surface area (TPSA) is 93.2 Å². The molecule has 23 heavy (non-hydrogen) atoms. The van der Waals surface area contributed by atoms with Crippen LogP contribution in [-0.2, 0) is 16.6 Å². The van der Waals surface area contributed by atoms with Crippen molar-refractivity contribution in [3.05, 3.63) is 18.0 Å². The van der Waals surface area contributed by atoms with Crippen molar-refractivity contribution < 1.29 is 9.59 Å². The molecule has 0 aromatic carbocycles. The summed E-state index contributed by atoms with van der Waals surface area (Å²) in [4.78, 5) is 26.4. The molecule has 1 aromatic rings. The van der Waals surface area contributed by atoms with Crippen LogP contribution in [0.1, 0.15) is 37.3 Å². The fourth-order valence-corrected chi connectivity index (χ4v) is 3.40. The average molecular weight is 319 g/mol. The molecular formula is C16H25N5O2. The van der Waals surface area contributed by atoms with Gasteiger partial charge in [0.1, 0.15) is 0 Å². The highest BCUT2D eigenvalue weighted by Gasteiger charge is 2.39. The minimum absolute atomic E-state index is 0.0192. The third kappa shape index (κ3) is 3.39. The average Bonchev–Trinajstić information content (AvgIpc) is 3.29. The smallest absolute Gasteiger partial charge is 0.225 e. The SMILES string of the molecule is CN1C(=O)CCC(C(=O)NCC(N)C2CC2)C1c1cnn(C)c1. The number of nitrogens with two attached hydrogens (primary N) is 1. The predicted octanol–water partition coefficient (Wildman–Crippen LogP) is 0.183. The monoisotopic (exact) mass is 319 g/mol. The van der Waals surface area contributed by atoms with Gasteiger partial charge in [0, 0.05) is 44.9 Å². The number of carbonyl (C=O) groups excluding carboxylic acids is 2. The first-order valence-corrected chi connectivity index (χ1v) is 8.25. The number of rotatable bonds is 5. The van der Waals surface area contributed by atoms with E-state index >= 15 is 0 Å². The number of aromatic nitrogens is 2. The van der Waals surface area contributed by atoms with Gasteiger partial charge in [0.15, 0.2) is 0 Å². The van der Waals surface area contributed by atoms with Gasteiger partial charge < -0.3 is 16.0 Å². The van der Waals surface area contributed by atoms with Crippen molar-refractivity contribution >= 4 is 11.8 Å². The van der Waals surface area contributed by atoms with Gasteiger partial charge in [-0.15, -0.1) is 0 Å². The lowest BCUT2D eigenvalue weighted by Crippen LogP contribution is -2.48. The Balaban J connectivity index is 1.71. The number of piperidine rings is 1. The summed E-state index contributed by atoms with van der Waals surface area (Å²) in [6, 6.07) is -0.221. The van der Waals surface area contributed by atoms with E-state index < -0.39 is 0 Å². The first-order chi connectivity index (χ1) is 11.0.